The van der Waals surface area contributed by atoms with Crippen LogP contribution in [0, 0.1) is 11.8 Å². The summed E-state index contributed by atoms with van der Waals surface area (Å²) in [7, 11) is 0. The summed E-state index contributed by atoms with van der Waals surface area (Å²) in [5.74, 6) is 1.35. The molecule has 2 aliphatic carbocycles. The van der Waals surface area contributed by atoms with E-state index in [9.17, 15) is 4.79 Å². The van der Waals surface area contributed by atoms with Crippen LogP contribution in [-0.4, -0.2) is 24.8 Å². The summed E-state index contributed by atoms with van der Waals surface area (Å²) in [6.07, 6.45) is 18.2. The molecule has 0 aromatic carbocycles. The maximum atomic E-state index is 12.2. The van der Waals surface area contributed by atoms with Gasteiger partial charge in [0, 0.05) is 5.57 Å². The van der Waals surface area contributed by atoms with Crippen LogP contribution in [0.25, 0.3) is 0 Å². The third kappa shape index (κ3) is 5.34. The minimum absolute atomic E-state index is 0.0710. The predicted molar refractivity (Wildman–Crippen MR) is 95.8 cm³/mol. The van der Waals surface area contributed by atoms with Gasteiger partial charge in [0.2, 0.25) is 0 Å². The summed E-state index contributed by atoms with van der Waals surface area (Å²) in [5.41, 5.74) is 0.948. The lowest BCUT2D eigenvalue weighted by Crippen LogP contribution is -2.12. The van der Waals surface area contributed by atoms with Crippen molar-refractivity contribution in [2.45, 2.75) is 96.2 Å². The lowest BCUT2D eigenvalue weighted by atomic mass is 9.85. The van der Waals surface area contributed by atoms with Crippen molar-refractivity contribution < 1.29 is 14.3 Å². The standard InChI is InChI=1S/C21H34O3/c1-2-23-21(22)18-13-12-16-8-6-7-11-20-19(24-20)10-5-3-4-9-17(14-16)15-18/h13,16-17,19-20H,2-12,14-15H2,1H3. The molecule has 3 aliphatic rings. The first kappa shape index (κ1) is 18.0. The summed E-state index contributed by atoms with van der Waals surface area (Å²) in [6.45, 7) is 2.37. The van der Waals surface area contributed by atoms with E-state index in [-0.39, 0.29) is 5.97 Å². The summed E-state index contributed by atoms with van der Waals surface area (Å²) in [4.78, 5) is 12.2. The van der Waals surface area contributed by atoms with Crippen LogP contribution in [0.4, 0.5) is 0 Å². The zero-order valence-electron chi connectivity index (χ0n) is 15.3. The zero-order chi connectivity index (χ0) is 16.8. The van der Waals surface area contributed by atoms with E-state index in [2.05, 4.69) is 6.08 Å². The van der Waals surface area contributed by atoms with E-state index in [0.29, 0.717) is 24.7 Å². The first-order valence-corrected chi connectivity index (χ1v) is 10.3. The van der Waals surface area contributed by atoms with Crippen molar-refractivity contribution in [3.05, 3.63) is 11.6 Å². The molecule has 3 heteroatoms. The molecular weight excluding hydrogens is 300 g/mol. The molecule has 0 aromatic heterocycles. The van der Waals surface area contributed by atoms with Crippen LogP contribution in [0.5, 0.6) is 0 Å². The second-order valence-electron chi connectivity index (χ2n) is 7.99. The molecule has 136 valence electrons. The number of ether oxygens (including phenoxy) is 2. The minimum atomic E-state index is -0.0710. The van der Waals surface area contributed by atoms with Crippen LogP contribution in [0.3, 0.4) is 0 Å². The first-order chi connectivity index (χ1) is 11.8. The molecule has 0 radical (unpaired) electrons. The fourth-order valence-electron chi connectivity index (χ4n) is 4.62. The molecule has 4 unspecified atom stereocenters. The number of hydrogen-bond donors (Lipinski definition) is 0. The molecule has 1 heterocycles. The topological polar surface area (TPSA) is 38.8 Å². The highest BCUT2D eigenvalue weighted by Gasteiger charge is 2.37. The molecule has 4 atom stereocenters. The Kier molecular flexibility index (Phi) is 6.76. The average Bonchev–Trinajstić information content (AvgIpc) is 3.34. The van der Waals surface area contributed by atoms with Crippen molar-refractivity contribution in [2.75, 3.05) is 6.61 Å². The molecule has 3 nitrogen and oxygen atoms in total. The van der Waals surface area contributed by atoms with E-state index >= 15 is 0 Å². The molecule has 2 bridgehead atoms. The van der Waals surface area contributed by atoms with E-state index < -0.39 is 0 Å². The number of carbonyl (C=O) groups is 1. The Balaban J connectivity index is 1.59. The summed E-state index contributed by atoms with van der Waals surface area (Å²) >= 11 is 0. The lowest BCUT2D eigenvalue weighted by Gasteiger charge is -2.21. The van der Waals surface area contributed by atoms with Gasteiger partial charge in [-0.05, 0) is 50.9 Å². The monoisotopic (exact) mass is 334 g/mol. The van der Waals surface area contributed by atoms with Gasteiger partial charge in [-0.3, -0.25) is 0 Å². The molecule has 1 saturated carbocycles. The van der Waals surface area contributed by atoms with Gasteiger partial charge in [-0.25, -0.2) is 4.79 Å². The van der Waals surface area contributed by atoms with Gasteiger partial charge >= 0.3 is 5.97 Å². The van der Waals surface area contributed by atoms with Gasteiger partial charge in [0.1, 0.15) is 0 Å². The van der Waals surface area contributed by atoms with Crippen LogP contribution in [-0.2, 0) is 14.3 Å². The van der Waals surface area contributed by atoms with Crippen LogP contribution < -0.4 is 0 Å². The lowest BCUT2D eigenvalue weighted by molar-refractivity contribution is -0.138. The largest absolute Gasteiger partial charge is 0.463 e. The maximum absolute atomic E-state index is 12.2. The van der Waals surface area contributed by atoms with Crippen molar-refractivity contribution in [1.29, 1.82) is 0 Å². The second kappa shape index (κ2) is 9.03. The smallest absolute Gasteiger partial charge is 0.333 e. The molecule has 0 aromatic rings. The number of hydrogen-bond acceptors (Lipinski definition) is 3. The number of fused-ring (bicyclic) bond motifs is 3. The number of epoxide rings is 1. The first-order valence-electron chi connectivity index (χ1n) is 10.3. The summed E-state index contributed by atoms with van der Waals surface area (Å²) in [6, 6.07) is 0. The van der Waals surface area contributed by atoms with Crippen molar-refractivity contribution in [3.8, 4) is 0 Å². The van der Waals surface area contributed by atoms with Crippen LogP contribution in [0.15, 0.2) is 11.6 Å². The van der Waals surface area contributed by atoms with E-state index in [4.69, 9.17) is 9.47 Å². The Morgan fingerprint density at radius 1 is 1.04 bits per heavy atom. The van der Waals surface area contributed by atoms with Crippen LogP contribution >= 0.6 is 0 Å². The number of carbonyl (C=O) groups excluding carboxylic acids is 1. The van der Waals surface area contributed by atoms with Crippen molar-refractivity contribution >= 4 is 5.97 Å². The summed E-state index contributed by atoms with van der Waals surface area (Å²) < 4.78 is 11.1. The minimum Gasteiger partial charge on any atom is -0.463 e. The molecule has 1 saturated heterocycles. The average molecular weight is 335 g/mol. The third-order valence-corrected chi connectivity index (χ3v) is 6.05. The molecule has 0 amide bonds. The predicted octanol–water partition coefficient (Wildman–Crippen LogP) is 5.18. The Morgan fingerprint density at radius 2 is 1.71 bits per heavy atom. The molecule has 24 heavy (non-hydrogen) atoms. The van der Waals surface area contributed by atoms with Gasteiger partial charge in [0.15, 0.2) is 0 Å². The van der Waals surface area contributed by atoms with Crippen molar-refractivity contribution in [3.63, 3.8) is 0 Å². The fourth-order valence-corrected chi connectivity index (χ4v) is 4.62. The normalized spacial score (nSPS) is 35.0. The highest BCUT2D eigenvalue weighted by molar-refractivity contribution is 5.88. The van der Waals surface area contributed by atoms with E-state index in [0.717, 1.165) is 24.3 Å². The highest BCUT2D eigenvalue weighted by atomic mass is 16.6. The zero-order valence-corrected chi connectivity index (χ0v) is 15.3. The Morgan fingerprint density at radius 3 is 2.50 bits per heavy atom. The van der Waals surface area contributed by atoms with Gasteiger partial charge < -0.3 is 9.47 Å². The van der Waals surface area contributed by atoms with Gasteiger partial charge in [0.05, 0.1) is 18.8 Å². The van der Waals surface area contributed by atoms with Gasteiger partial charge in [-0.2, -0.15) is 0 Å². The molecule has 3 rings (SSSR count). The Bertz CT molecular complexity index is 442. The van der Waals surface area contributed by atoms with Crippen LogP contribution in [0.2, 0.25) is 0 Å². The Hall–Kier alpha value is -0.830. The number of allylic oxidation sites excluding steroid dienone is 1. The van der Waals surface area contributed by atoms with Gasteiger partial charge in [-0.15, -0.1) is 0 Å². The van der Waals surface area contributed by atoms with Crippen LogP contribution in [0.1, 0.15) is 84.0 Å². The highest BCUT2D eigenvalue weighted by Crippen LogP contribution is 2.36. The molecule has 0 N–H and O–H groups in total. The SMILES string of the molecule is CCOC(=O)C1=CCC2CCCCC3OC3CCCCCC(C1)C2. The molecule has 0 spiro atoms. The molecule has 1 aliphatic heterocycles. The molecule has 2 fully saturated rings. The Labute approximate surface area is 147 Å². The van der Waals surface area contributed by atoms with Crippen molar-refractivity contribution in [2.24, 2.45) is 11.8 Å². The third-order valence-electron chi connectivity index (χ3n) is 6.05. The van der Waals surface area contributed by atoms with E-state index in [1.165, 1.54) is 64.2 Å². The van der Waals surface area contributed by atoms with Gasteiger partial charge in [0.25, 0.3) is 0 Å². The summed E-state index contributed by atoms with van der Waals surface area (Å²) in [5, 5.41) is 0. The fraction of sp³-hybridized carbons (Fsp3) is 0.857. The quantitative estimate of drug-likeness (QED) is 0.515. The van der Waals surface area contributed by atoms with Gasteiger partial charge in [-0.1, -0.05) is 51.0 Å². The number of esters is 1. The number of rotatable bonds is 2. The second-order valence-corrected chi connectivity index (χ2v) is 7.99. The maximum Gasteiger partial charge on any atom is 0.333 e. The van der Waals surface area contributed by atoms with Crippen molar-refractivity contribution in [1.82, 2.24) is 0 Å². The van der Waals surface area contributed by atoms with E-state index in [1.807, 2.05) is 6.92 Å². The van der Waals surface area contributed by atoms with E-state index in [1.54, 1.807) is 0 Å². The molecular formula is C21H34O3.